The highest BCUT2D eigenvalue weighted by Crippen LogP contribution is 2.44. The number of carboxylic acids is 1. The molecular formula is C16H27NO5. The van der Waals surface area contributed by atoms with E-state index in [4.69, 9.17) is 9.47 Å². The van der Waals surface area contributed by atoms with Crippen LogP contribution in [0, 0.1) is 10.8 Å². The molecule has 1 saturated carbocycles. The highest BCUT2D eigenvalue weighted by molar-refractivity contribution is 5.85. The number of rotatable bonds is 7. The largest absolute Gasteiger partial charge is 0.481 e. The fourth-order valence-electron chi connectivity index (χ4n) is 3.93. The van der Waals surface area contributed by atoms with E-state index >= 15 is 0 Å². The maximum atomic E-state index is 13.0. The average Bonchev–Trinajstić information content (AvgIpc) is 3.13. The van der Waals surface area contributed by atoms with Gasteiger partial charge in [-0.15, -0.1) is 0 Å². The molecule has 6 nitrogen and oxygen atoms in total. The third-order valence-electron chi connectivity index (χ3n) is 5.31. The minimum atomic E-state index is -0.953. The first-order chi connectivity index (χ1) is 10.5. The van der Waals surface area contributed by atoms with Crippen molar-refractivity contribution in [2.75, 3.05) is 40.5 Å². The SMILES string of the molecule is COCCC1(C(=O)N2CCC(COC)(C(=O)O)C2)CCCC1. The van der Waals surface area contributed by atoms with Gasteiger partial charge in [-0.25, -0.2) is 0 Å². The summed E-state index contributed by atoms with van der Waals surface area (Å²) in [5.74, 6) is -0.761. The molecule has 2 rings (SSSR count). The van der Waals surface area contributed by atoms with E-state index in [1.807, 2.05) is 0 Å². The molecule has 1 amide bonds. The van der Waals surface area contributed by atoms with Crippen LogP contribution in [-0.4, -0.2) is 62.4 Å². The Morgan fingerprint density at radius 1 is 1.09 bits per heavy atom. The van der Waals surface area contributed by atoms with Crippen LogP contribution < -0.4 is 0 Å². The lowest BCUT2D eigenvalue weighted by Gasteiger charge is -2.33. The molecule has 126 valence electrons. The number of amides is 1. The summed E-state index contributed by atoms with van der Waals surface area (Å²) in [6.07, 6.45) is 5.08. The van der Waals surface area contributed by atoms with Crippen LogP contribution in [0.25, 0.3) is 0 Å². The summed E-state index contributed by atoms with van der Waals surface area (Å²) < 4.78 is 10.3. The van der Waals surface area contributed by atoms with Gasteiger partial charge < -0.3 is 19.5 Å². The Morgan fingerprint density at radius 2 is 1.77 bits per heavy atom. The van der Waals surface area contributed by atoms with Crippen molar-refractivity contribution in [1.29, 1.82) is 0 Å². The number of nitrogens with zero attached hydrogens (tertiary/aromatic N) is 1. The summed E-state index contributed by atoms with van der Waals surface area (Å²) in [5.41, 5.74) is -1.30. The van der Waals surface area contributed by atoms with E-state index in [2.05, 4.69) is 0 Å². The second-order valence-electron chi connectivity index (χ2n) is 6.73. The van der Waals surface area contributed by atoms with Crippen molar-refractivity contribution in [2.45, 2.75) is 38.5 Å². The van der Waals surface area contributed by atoms with Crippen molar-refractivity contribution in [2.24, 2.45) is 10.8 Å². The summed E-state index contributed by atoms with van der Waals surface area (Å²) >= 11 is 0. The number of aliphatic carboxylic acids is 1. The molecule has 0 aromatic rings. The van der Waals surface area contributed by atoms with Gasteiger partial charge in [0.1, 0.15) is 5.41 Å². The minimum Gasteiger partial charge on any atom is -0.481 e. The minimum absolute atomic E-state index is 0.112. The highest BCUT2D eigenvalue weighted by atomic mass is 16.5. The van der Waals surface area contributed by atoms with Gasteiger partial charge >= 0.3 is 5.97 Å². The zero-order chi connectivity index (χ0) is 16.2. The molecular weight excluding hydrogens is 286 g/mol. The number of carbonyl (C=O) groups excluding carboxylic acids is 1. The van der Waals surface area contributed by atoms with Crippen molar-refractivity contribution in [3.05, 3.63) is 0 Å². The Morgan fingerprint density at radius 3 is 2.32 bits per heavy atom. The van der Waals surface area contributed by atoms with Gasteiger partial charge in [-0.3, -0.25) is 9.59 Å². The van der Waals surface area contributed by atoms with E-state index in [1.165, 1.54) is 7.11 Å². The van der Waals surface area contributed by atoms with Crippen LogP contribution in [0.4, 0.5) is 0 Å². The first-order valence-corrected chi connectivity index (χ1v) is 8.00. The Kier molecular flexibility index (Phi) is 5.45. The topological polar surface area (TPSA) is 76.1 Å². The number of carbonyl (C=O) groups is 2. The van der Waals surface area contributed by atoms with Crippen molar-refractivity contribution in [1.82, 2.24) is 4.90 Å². The van der Waals surface area contributed by atoms with Crippen LogP contribution >= 0.6 is 0 Å². The van der Waals surface area contributed by atoms with Crippen LogP contribution in [0.3, 0.4) is 0 Å². The fourth-order valence-corrected chi connectivity index (χ4v) is 3.93. The molecule has 1 atom stereocenters. The monoisotopic (exact) mass is 313 g/mol. The van der Waals surface area contributed by atoms with Gasteiger partial charge in [-0.1, -0.05) is 12.8 Å². The molecule has 0 aromatic carbocycles. The average molecular weight is 313 g/mol. The third kappa shape index (κ3) is 3.13. The zero-order valence-electron chi connectivity index (χ0n) is 13.6. The molecule has 0 spiro atoms. The van der Waals surface area contributed by atoms with E-state index in [0.717, 1.165) is 32.1 Å². The lowest BCUT2D eigenvalue weighted by molar-refractivity contribution is -0.152. The van der Waals surface area contributed by atoms with E-state index in [1.54, 1.807) is 12.0 Å². The van der Waals surface area contributed by atoms with Crippen LogP contribution in [0.2, 0.25) is 0 Å². The Balaban J connectivity index is 2.10. The van der Waals surface area contributed by atoms with E-state index in [9.17, 15) is 14.7 Å². The molecule has 22 heavy (non-hydrogen) atoms. The van der Waals surface area contributed by atoms with Gasteiger partial charge in [0.2, 0.25) is 5.91 Å². The molecule has 6 heteroatoms. The number of likely N-dealkylation sites (tertiary alicyclic amines) is 1. The zero-order valence-corrected chi connectivity index (χ0v) is 13.6. The predicted molar refractivity (Wildman–Crippen MR) is 80.5 cm³/mol. The summed E-state index contributed by atoms with van der Waals surface area (Å²) in [5, 5.41) is 9.53. The second-order valence-corrected chi connectivity index (χ2v) is 6.73. The predicted octanol–water partition coefficient (Wildman–Crippen LogP) is 1.53. The number of carboxylic acid groups (broad SMARTS) is 1. The van der Waals surface area contributed by atoms with Crippen molar-refractivity contribution in [3.63, 3.8) is 0 Å². The summed E-state index contributed by atoms with van der Waals surface area (Å²) in [7, 11) is 3.16. The Bertz CT molecular complexity index is 419. The van der Waals surface area contributed by atoms with Crippen LogP contribution in [0.15, 0.2) is 0 Å². The lowest BCUT2D eigenvalue weighted by Crippen LogP contribution is -2.45. The molecule has 0 aromatic heterocycles. The first kappa shape index (κ1) is 17.2. The molecule has 1 heterocycles. The maximum absolute atomic E-state index is 13.0. The molecule has 2 fully saturated rings. The first-order valence-electron chi connectivity index (χ1n) is 8.00. The number of hydrogen-bond donors (Lipinski definition) is 1. The highest BCUT2D eigenvalue weighted by Gasteiger charge is 2.50. The molecule has 1 saturated heterocycles. The molecule has 1 N–H and O–H groups in total. The van der Waals surface area contributed by atoms with Gasteiger partial charge in [0.25, 0.3) is 0 Å². The van der Waals surface area contributed by atoms with Gasteiger partial charge in [0, 0.05) is 33.9 Å². The van der Waals surface area contributed by atoms with Crippen molar-refractivity contribution in [3.8, 4) is 0 Å². The molecule has 1 aliphatic carbocycles. The third-order valence-corrected chi connectivity index (χ3v) is 5.31. The summed E-state index contributed by atoms with van der Waals surface area (Å²) in [6, 6.07) is 0. The molecule has 0 bridgehead atoms. The molecule has 2 aliphatic rings. The van der Waals surface area contributed by atoms with Crippen LogP contribution in [0.1, 0.15) is 38.5 Å². The van der Waals surface area contributed by atoms with Crippen LogP contribution in [0.5, 0.6) is 0 Å². The normalized spacial score (nSPS) is 27.3. The van der Waals surface area contributed by atoms with Crippen molar-refractivity contribution < 1.29 is 24.2 Å². The molecule has 0 radical (unpaired) electrons. The number of hydrogen-bond acceptors (Lipinski definition) is 4. The second kappa shape index (κ2) is 6.96. The van der Waals surface area contributed by atoms with Gasteiger partial charge in [0.15, 0.2) is 0 Å². The van der Waals surface area contributed by atoms with Crippen molar-refractivity contribution >= 4 is 11.9 Å². The quantitative estimate of drug-likeness (QED) is 0.771. The van der Waals surface area contributed by atoms with E-state index < -0.39 is 11.4 Å². The lowest BCUT2D eigenvalue weighted by atomic mass is 9.81. The van der Waals surface area contributed by atoms with E-state index in [-0.39, 0.29) is 24.5 Å². The Hall–Kier alpha value is -1.14. The Labute approximate surface area is 131 Å². The standard InChI is InChI=1S/C16H27NO5/c1-21-10-8-15(5-3-4-6-15)13(18)17-9-7-16(11-17,12-22-2)14(19)20/h3-12H2,1-2H3,(H,19,20). The molecule has 1 unspecified atom stereocenters. The van der Waals surface area contributed by atoms with Gasteiger partial charge in [-0.2, -0.15) is 0 Å². The maximum Gasteiger partial charge on any atom is 0.313 e. The van der Waals surface area contributed by atoms with Gasteiger partial charge in [-0.05, 0) is 25.7 Å². The number of methoxy groups -OCH3 is 2. The molecule has 1 aliphatic heterocycles. The van der Waals surface area contributed by atoms with E-state index in [0.29, 0.717) is 19.6 Å². The van der Waals surface area contributed by atoms with Gasteiger partial charge in [0.05, 0.1) is 12.0 Å². The number of ether oxygens (including phenoxy) is 2. The smallest absolute Gasteiger partial charge is 0.313 e. The summed E-state index contributed by atoms with van der Waals surface area (Å²) in [6.45, 7) is 1.48. The van der Waals surface area contributed by atoms with Crippen LogP contribution in [-0.2, 0) is 19.1 Å². The fraction of sp³-hybridized carbons (Fsp3) is 0.875. The summed E-state index contributed by atoms with van der Waals surface area (Å²) in [4.78, 5) is 26.4.